The molecule has 3 heterocycles. The molecule has 0 radical (unpaired) electrons. The molecule has 1 N–H and O–H groups in total. The number of hydrogen-bond donors (Lipinski definition) is 1. The molecule has 6 nitrogen and oxygen atoms in total. The standard InChI is InChI=1S/C19H16N4O2S/c24-19(15-11-16(25-23-15)13-5-3-9-20-12-13)21-10-4-8-18-22-14-6-1-2-7-17(14)26-18/h1-3,5-7,9,11-12H,4,8,10H2,(H,21,24). The lowest BCUT2D eigenvalue weighted by Crippen LogP contribution is -2.25. The molecule has 0 aliphatic rings. The summed E-state index contributed by atoms with van der Waals surface area (Å²) in [5.74, 6) is 0.283. The Morgan fingerprint density at radius 1 is 1.19 bits per heavy atom. The predicted octanol–water partition coefficient (Wildman–Crippen LogP) is 3.71. The Morgan fingerprint density at radius 2 is 2.12 bits per heavy atom. The highest BCUT2D eigenvalue weighted by Gasteiger charge is 2.13. The number of para-hydroxylation sites is 1. The lowest BCUT2D eigenvalue weighted by Gasteiger charge is -2.01. The smallest absolute Gasteiger partial charge is 0.273 e. The Balaban J connectivity index is 1.29. The fraction of sp³-hybridized carbons (Fsp3) is 0.158. The van der Waals surface area contributed by atoms with Crippen molar-refractivity contribution in [1.29, 1.82) is 0 Å². The molecule has 0 saturated heterocycles. The summed E-state index contributed by atoms with van der Waals surface area (Å²) in [6, 6.07) is 13.4. The van der Waals surface area contributed by atoms with Crippen LogP contribution in [0.3, 0.4) is 0 Å². The first-order valence-corrected chi connectivity index (χ1v) is 9.11. The molecule has 4 rings (SSSR count). The third kappa shape index (κ3) is 3.62. The first-order valence-electron chi connectivity index (χ1n) is 8.29. The van der Waals surface area contributed by atoms with Gasteiger partial charge in [0.05, 0.1) is 15.2 Å². The number of carbonyl (C=O) groups is 1. The fourth-order valence-corrected chi connectivity index (χ4v) is 3.59. The number of nitrogens with zero attached hydrogens (tertiary/aromatic N) is 3. The number of thiazole rings is 1. The van der Waals surface area contributed by atoms with Gasteiger partial charge < -0.3 is 9.84 Å². The second-order valence-electron chi connectivity index (χ2n) is 5.75. The van der Waals surface area contributed by atoms with Gasteiger partial charge in [-0.25, -0.2) is 4.98 Å². The number of aromatic nitrogens is 3. The van der Waals surface area contributed by atoms with Crippen LogP contribution in [0.15, 0.2) is 59.4 Å². The van der Waals surface area contributed by atoms with E-state index in [1.807, 2.05) is 24.3 Å². The molecule has 0 spiro atoms. The number of amides is 1. The first kappa shape index (κ1) is 16.4. The molecule has 0 aliphatic carbocycles. The van der Waals surface area contributed by atoms with Crippen LogP contribution in [0.2, 0.25) is 0 Å². The summed E-state index contributed by atoms with van der Waals surface area (Å²) in [5, 5.41) is 7.78. The van der Waals surface area contributed by atoms with Gasteiger partial charge in [0, 0.05) is 37.0 Å². The normalized spacial score (nSPS) is 10.9. The number of pyridine rings is 1. The quantitative estimate of drug-likeness (QED) is 0.528. The molecule has 0 saturated carbocycles. The second kappa shape index (κ2) is 7.45. The topological polar surface area (TPSA) is 80.9 Å². The molecule has 130 valence electrons. The highest BCUT2D eigenvalue weighted by molar-refractivity contribution is 7.18. The fourth-order valence-electron chi connectivity index (χ4n) is 2.59. The minimum atomic E-state index is -0.242. The molecule has 0 fully saturated rings. The second-order valence-corrected chi connectivity index (χ2v) is 6.87. The summed E-state index contributed by atoms with van der Waals surface area (Å²) in [6.45, 7) is 0.559. The summed E-state index contributed by atoms with van der Waals surface area (Å²) < 4.78 is 6.41. The molecule has 0 bridgehead atoms. The monoisotopic (exact) mass is 364 g/mol. The number of nitrogens with one attached hydrogen (secondary N) is 1. The molecule has 1 amide bonds. The van der Waals surface area contributed by atoms with Crippen LogP contribution >= 0.6 is 11.3 Å². The lowest BCUT2D eigenvalue weighted by molar-refractivity contribution is 0.0944. The Bertz CT molecular complexity index is 993. The Hall–Kier alpha value is -3.06. The number of fused-ring (bicyclic) bond motifs is 1. The average molecular weight is 364 g/mol. The maximum Gasteiger partial charge on any atom is 0.273 e. The largest absolute Gasteiger partial charge is 0.355 e. The molecule has 7 heteroatoms. The molecular weight excluding hydrogens is 348 g/mol. The number of carbonyl (C=O) groups excluding carboxylic acids is 1. The van der Waals surface area contributed by atoms with Crippen molar-refractivity contribution in [2.24, 2.45) is 0 Å². The van der Waals surface area contributed by atoms with Crippen LogP contribution in [0.5, 0.6) is 0 Å². The number of rotatable bonds is 6. The van der Waals surface area contributed by atoms with Crippen molar-refractivity contribution in [3.8, 4) is 11.3 Å². The Labute approximate surface area is 153 Å². The van der Waals surface area contributed by atoms with E-state index in [4.69, 9.17) is 4.52 Å². The van der Waals surface area contributed by atoms with Crippen LogP contribution in [-0.4, -0.2) is 27.6 Å². The van der Waals surface area contributed by atoms with Crippen molar-refractivity contribution in [3.63, 3.8) is 0 Å². The molecule has 0 aliphatic heterocycles. The van der Waals surface area contributed by atoms with E-state index in [1.54, 1.807) is 35.9 Å². The zero-order valence-corrected chi connectivity index (χ0v) is 14.7. The maximum atomic E-state index is 12.2. The van der Waals surface area contributed by atoms with Gasteiger partial charge in [-0.15, -0.1) is 11.3 Å². The van der Waals surface area contributed by atoms with Gasteiger partial charge >= 0.3 is 0 Å². The van der Waals surface area contributed by atoms with Crippen molar-refractivity contribution in [3.05, 3.63) is 65.6 Å². The summed E-state index contributed by atoms with van der Waals surface area (Å²) in [4.78, 5) is 20.8. The molecule has 0 unspecified atom stereocenters. The Morgan fingerprint density at radius 3 is 2.96 bits per heavy atom. The van der Waals surface area contributed by atoms with E-state index in [1.165, 1.54) is 4.70 Å². The summed E-state index contributed by atoms with van der Waals surface area (Å²) in [6.07, 6.45) is 5.00. The minimum Gasteiger partial charge on any atom is -0.355 e. The van der Waals surface area contributed by atoms with Crippen molar-refractivity contribution in [1.82, 2.24) is 20.4 Å². The molecule has 1 aromatic carbocycles. The first-order chi connectivity index (χ1) is 12.8. The zero-order chi connectivity index (χ0) is 17.8. The molecular formula is C19H16N4O2S. The highest BCUT2D eigenvalue weighted by Crippen LogP contribution is 2.22. The van der Waals surface area contributed by atoms with Gasteiger partial charge in [0.2, 0.25) is 0 Å². The van der Waals surface area contributed by atoms with Gasteiger partial charge in [-0.3, -0.25) is 9.78 Å². The highest BCUT2D eigenvalue weighted by atomic mass is 32.1. The average Bonchev–Trinajstić information content (AvgIpc) is 3.32. The van der Waals surface area contributed by atoms with E-state index >= 15 is 0 Å². The van der Waals surface area contributed by atoms with Gasteiger partial charge in [0.15, 0.2) is 11.5 Å². The summed E-state index contributed by atoms with van der Waals surface area (Å²) in [5.41, 5.74) is 2.08. The molecule has 26 heavy (non-hydrogen) atoms. The lowest BCUT2D eigenvalue weighted by atomic mass is 10.2. The SMILES string of the molecule is O=C(NCCCc1nc2ccccc2s1)c1cc(-c2cccnc2)on1. The third-order valence-electron chi connectivity index (χ3n) is 3.88. The third-order valence-corrected chi connectivity index (χ3v) is 4.98. The van der Waals surface area contributed by atoms with E-state index in [0.717, 1.165) is 28.9 Å². The number of hydrogen-bond acceptors (Lipinski definition) is 6. The maximum absolute atomic E-state index is 12.2. The van der Waals surface area contributed by atoms with Gasteiger partial charge in [0.25, 0.3) is 5.91 Å². The van der Waals surface area contributed by atoms with Crippen LogP contribution in [0, 0.1) is 0 Å². The van der Waals surface area contributed by atoms with E-state index in [2.05, 4.69) is 26.5 Å². The molecule has 0 atom stereocenters. The summed E-state index contributed by atoms with van der Waals surface area (Å²) in [7, 11) is 0. The van der Waals surface area contributed by atoms with Crippen molar-refractivity contribution < 1.29 is 9.32 Å². The van der Waals surface area contributed by atoms with E-state index in [-0.39, 0.29) is 11.6 Å². The van der Waals surface area contributed by atoms with E-state index < -0.39 is 0 Å². The number of aryl methyl sites for hydroxylation is 1. The van der Waals surface area contributed by atoms with Crippen molar-refractivity contribution in [2.75, 3.05) is 6.54 Å². The van der Waals surface area contributed by atoms with Crippen molar-refractivity contribution >= 4 is 27.5 Å². The van der Waals surface area contributed by atoms with Gasteiger partial charge in [0.1, 0.15) is 0 Å². The van der Waals surface area contributed by atoms with Crippen molar-refractivity contribution in [2.45, 2.75) is 12.8 Å². The van der Waals surface area contributed by atoms with Crippen LogP contribution in [0.25, 0.3) is 21.5 Å². The molecule has 3 aromatic heterocycles. The van der Waals surface area contributed by atoms with Crippen LogP contribution in [-0.2, 0) is 6.42 Å². The predicted molar refractivity (Wildman–Crippen MR) is 100 cm³/mol. The number of benzene rings is 1. The van der Waals surface area contributed by atoms with E-state index in [0.29, 0.717) is 12.3 Å². The van der Waals surface area contributed by atoms with Crippen LogP contribution in [0.4, 0.5) is 0 Å². The Kier molecular flexibility index (Phi) is 4.70. The van der Waals surface area contributed by atoms with Crippen LogP contribution in [0.1, 0.15) is 21.9 Å². The van der Waals surface area contributed by atoms with E-state index in [9.17, 15) is 4.79 Å². The van der Waals surface area contributed by atoms with Gasteiger partial charge in [-0.05, 0) is 30.7 Å². The summed E-state index contributed by atoms with van der Waals surface area (Å²) >= 11 is 1.70. The minimum absolute atomic E-state index is 0.242. The van der Waals surface area contributed by atoms with Crippen LogP contribution < -0.4 is 5.32 Å². The zero-order valence-electron chi connectivity index (χ0n) is 13.9. The van der Waals surface area contributed by atoms with Gasteiger partial charge in [-0.1, -0.05) is 17.3 Å². The molecule has 4 aromatic rings. The van der Waals surface area contributed by atoms with Gasteiger partial charge in [-0.2, -0.15) is 0 Å².